The van der Waals surface area contributed by atoms with E-state index in [1.54, 1.807) is 0 Å². The lowest BCUT2D eigenvalue weighted by atomic mass is 9.76. The predicted octanol–water partition coefficient (Wildman–Crippen LogP) is 10.2. The first-order valence-electron chi connectivity index (χ1n) is 20.4. The van der Waals surface area contributed by atoms with E-state index in [0.29, 0.717) is 24.0 Å². The smallest absolute Gasteiger partial charge is 0.183 e. The summed E-state index contributed by atoms with van der Waals surface area (Å²) in [6.45, 7) is 36.9. The third-order valence-electron chi connectivity index (χ3n) is 12.2. The molecule has 2 saturated carbocycles. The molecule has 10 unspecified atom stereocenters. The van der Waals surface area contributed by atoms with Crippen molar-refractivity contribution in [1.82, 2.24) is 0 Å². The molecule has 2 aliphatic carbocycles. The van der Waals surface area contributed by atoms with Crippen LogP contribution in [0, 0.1) is 35.5 Å². The van der Waals surface area contributed by atoms with Crippen molar-refractivity contribution < 1.29 is 27.8 Å². The van der Waals surface area contributed by atoms with E-state index >= 15 is 0 Å². The van der Waals surface area contributed by atoms with Gasteiger partial charge in [0, 0.05) is 42.6 Å². The summed E-state index contributed by atoms with van der Waals surface area (Å²) in [5.41, 5.74) is 1.65. The number of epoxide rings is 2. The third kappa shape index (κ3) is 15.5. The lowest BCUT2D eigenvalue weighted by Crippen LogP contribution is -2.40. The molecule has 4 fully saturated rings. The highest BCUT2D eigenvalue weighted by atomic mass is 28.4. The molecule has 0 N–H and O–H groups in total. The molecule has 10 heteroatoms. The third-order valence-corrected chi connectivity index (χ3v) is 20.2. The fourth-order valence-corrected chi connectivity index (χ4v) is 16.2. The highest BCUT2D eigenvalue weighted by Gasteiger charge is 2.49. The van der Waals surface area contributed by atoms with E-state index in [4.69, 9.17) is 27.8 Å². The number of rotatable bonds is 26. The second-order valence-corrected chi connectivity index (χ2v) is 40.8. The van der Waals surface area contributed by atoms with E-state index in [2.05, 4.69) is 78.6 Å². The molecule has 2 bridgehead atoms. The summed E-state index contributed by atoms with van der Waals surface area (Å²) in [7, 11) is -5.94. The van der Waals surface area contributed by atoms with Crippen LogP contribution in [-0.2, 0) is 27.8 Å². The van der Waals surface area contributed by atoms with Gasteiger partial charge in [-0.2, -0.15) is 0 Å². The van der Waals surface area contributed by atoms with Gasteiger partial charge in [0.1, 0.15) is 12.2 Å². The first-order chi connectivity index (χ1) is 22.8. The van der Waals surface area contributed by atoms with Gasteiger partial charge in [-0.3, -0.25) is 0 Å². The molecule has 0 aromatic carbocycles. The van der Waals surface area contributed by atoms with Gasteiger partial charge in [0.15, 0.2) is 16.6 Å². The van der Waals surface area contributed by atoms with Crippen LogP contribution in [-0.4, -0.2) is 97.8 Å². The van der Waals surface area contributed by atoms with Crippen molar-refractivity contribution in [3.63, 3.8) is 0 Å². The second-order valence-electron chi connectivity index (χ2n) is 20.9. The molecule has 2 saturated heterocycles. The lowest BCUT2D eigenvalue weighted by molar-refractivity contribution is 0.104. The molecule has 10 atom stereocenters. The molecule has 49 heavy (non-hydrogen) atoms. The Hall–Kier alpha value is 0.628. The zero-order valence-electron chi connectivity index (χ0n) is 34.2. The Balaban J connectivity index is 1.36. The van der Waals surface area contributed by atoms with Gasteiger partial charge in [0.25, 0.3) is 0 Å². The van der Waals surface area contributed by atoms with Crippen molar-refractivity contribution >= 4 is 32.8 Å². The molecule has 0 spiro atoms. The maximum atomic E-state index is 6.69. The van der Waals surface area contributed by atoms with Gasteiger partial charge in [-0.1, -0.05) is 39.3 Å². The average molecular weight is 757 g/mol. The molecule has 4 rings (SSSR count). The molecule has 0 aromatic heterocycles. The second kappa shape index (κ2) is 18.3. The Morgan fingerprint density at radius 3 is 1.20 bits per heavy atom. The molecular formula is C39H80O6Si4. The normalized spacial score (nSPS) is 29.6. The molecule has 0 aromatic rings. The zero-order valence-corrected chi connectivity index (χ0v) is 38.2. The van der Waals surface area contributed by atoms with Gasteiger partial charge < -0.3 is 27.8 Å². The minimum Gasteiger partial charge on any atom is -0.417 e. The Bertz CT molecular complexity index is 889. The Kier molecular flexibility index (Phi) is 15.8. The van der Waals surface area contributed by atoms with Gasteiger partial charge in [-0.25, -0.2) is 0 Å². The van der Waals surface area contributed by atoms with Gasteiger partial charge >= 0.3 is 0 Å². The SMILES string of the molecule is C[Si](C)(C)OCC(CCCOCC1CO1)C(CC1CC2CC1CC2CC(C(CCCOCC1CO1)CO[Si](C)(C)C)[Si](C)(C)C)[Si](C)(C)C. The molecule has 6 nitrogen and oxygen atoms in total. The van der Waals surface area contributed by atoms with Crippen molar-refractivity contribution in [3.05, 3.63) is 0 Å². The van der Waals surface area contributed by atoms with Gasteiger partial charge in [0.05, 0.1) is 26.4 Å². The molecule has 4 aliphatic rings. The van der Waals surface area contributed by atoms with Crippen molar-refractivity contribution in [2.45, 2.75) is 160 Å². The van der Waals surface area contributed by atoms with E-state index in [1.165, 1.54) is 44.9 Å². The average Bonchev–Trinajstić information content (AvgIpc) is 3.90. The van der Waals surface area contributed by atoms with Crippen LogP contribution < -0.4 is 0 Å². The maximum absolute atomic E-state index is 6.69. The Morgan fingerprint density at radius 2 is 0.918 bits per heavy atom. The summed E-state index contributed by atoms with van der Waals surface area (Å²) < 4.78 is 36.1. The van der Waals surface area contributed by atoms with E-state index in [-0.39, 0.29) is 0 Å². The first kappa shape index (κ1) is 42.4. The fourth-order valence-electron chi connectivity index (χ4n) is 9.42. The van der Waals surface area contributed by atoms with Crippen LogP contribution in [0.3, 0.4) is 0 Å². The van der Waals surface area contributed by atoms with Crippen LogP contribution in [0.4, 0.5) is 0 Å². The summed E-state index contributed by atoms with van der Waals surface area (Å²) in [6.07, 6.45) is 12.8. The summed E-state index contributed by atoms with van der Waals surface area (Å²) in [6, 6.07) is 0. The molecule has 2 aliphatic heterocycles. The standard InChI is InChI=1S/C39H80O6Si4/c1-46(2,3)38(30(24-44-48(7,8)9)15-13-17-40-26-36-28-42-36)22-34-20-33-19-32(34)21-35(33)23-39(47(4,5)6)31(25-45-49(10,11)12)16-14-18-41-27-37-29-43-37/h30-39H,13-29H2,1-12H3. The summed E-state index contributed by atoms with van der Waals surface area (Å²) in [4.78, 5) is 0. The monoisotopic (exact) mass is 757 g/mol. The molecule has 2 heterocycles. The van der Waals surface area contributed by atoms with Crippen molar-refractivity contribution in [2.75, 3.05) is 52.9 Å². The number of ether oxygens (including phenoxy) is 4. The lowest BCUT2D eigenvalue weighted by Gasteiger charge is -2.42. The van der Waals surface area contributed by atoms with Gasteiger partial charge in [-0.15, -0.1) is 0 Å². The van der Waals surface area contributed by atoms with Crippen LogP contribution in [0.1, 0.15) is 57.8 Å². The van der Waals surface area contributed by atoms with E-state index in [0.717, 1.165) is 100 Å². The van der Waals surface area contributed by atoms with Crippen molar-refractivity contribution in [2.24, 2.45) is 35.5 Å². The molecule has 0 amide bonds. The van der Waals surface area contributed by atoms with Crippen LogP contribution in [0.5, 0.6) is 0 Å². The highest BCUT2D eigenvalue weighted by molar-refractivity contribution is 6.78. The number of fused-ring (bicyclic) bond motifs is 2. The Labute approximate surface area is 307 Å². The summed E-state index contributed by atoms with van der Waals surface area (Å²) in [5, 5.41) is 0. The zero-order chi connectivity index (χ0) is 36.0. The minimum atomic E-state index is -1.57. The van der Waals surface area contributed by atoms with Gasteiger partial charge in [-0.05, 0) is 144 Å². The van der Waals surface area contributed by atoms with Crippen molar-refractivity contribution in [3.8, 4) is 0 Å². The summed E-state index contributed by atoms with van der Waals surface area (Å²) >= 11 is 0. The predicted molar refractivity (Wildman–Crippen MR) is 216 cm³/mol. The topological polar surface area (TPSA) is 62.0 Å². The van der Waals surface area contributed by atoms with Crippen LogP contribution >= 0.6 is 0 Å². The number of hydrogen-bond donors (Lipinski definition) is 0. The fraction of sp³-hybridized carbons (Fsp3) is 1.00. The summed E-state index contributed by atoms with van der Waals surface area (Å²) in [5.74, 6) is 5.04. The van der Waals surface area contributed by atoms with Crippen LogP contribution in [0.15, 0.2) is 0 Å². The van der Waals surface area contributed by atoms with E-state index in [1.807, 2.05) is 0 Å². The maximum Gasteiger partial charge on any atom is 0.183 e. The molecule has 288 valence electrons. The molecule has 0 radical (unpaired) electrons. The van der Waals surface area contributed by atoms with Crippen LogP contribution in [0.2, 0.25) is 89.6 Å². The quantitative estimate of drug-likeness (QED) is 0.0498. The van der Waals surface area contributed by atoms with Crippen LogP contribution in [0.25, 0.3) is 0 Å². The van der Waals surface area contributed by atoms with Gasteiger partial charge in [0.2, 0.25) is 0 Å². The first-order valence-corrected chi connectivity index (χ1v) is 34.4. The molecular weight excluding hydrogens is 677 g/mol. The largest absolute Gasteiger partial charge is 0.417 e. The minimum absolute atomic E-state index is 0.361. The number of hydrogen-bond acceptors (Lipinski definition) is 6. The van der Waals surface area contributed by atoms with E-state index in [9.17, 15) is 0 Å². The Morgan fingerprint density at radius 1 is 0.551 bits per heavy atom. The highest BCUT2D eigenvalue weighted by Crippen LogP contribution is 2.58. The van der Waals surface area contributed by atoms with E-state index < -0.39 is 32.8 Å². The van der Waals surface area contributed by atoms with Crippen molar-refractivity contribution in [1.29, 1.82) is 0 Å².